The Bertz CT molecular complexity index is 278. The van der Waals surface area contributed by atoms with Gasteiger partial charge in [0.1, 0.15) is 0 Å². The molecule has 0 saturated carbocycles. The first-order chi connectivity index (χ1) is 6.27. The normalized spacial score (nSPS) is 19.3. The van der Waals surface area contributed by atoms with Gasteiger partial charge in [0.2, 0.25) is 11.6 Å². The van der Waals surface area contributed by atoms with Gasteiger partial charge in [-0.1, -0.05) is 0 Å². The monoisotopic (exact) mass is 183 g/mol. The molecule has 6 nitrogen and oxygen atoms in total. The highest BCUT2D eigenvalue weighted by Crippen LogP contribution is 2.18. The number of nitrogens with zero attached hydrogens (tertiary/aromatic N) is 4. The molecule has 0 aliphatic carbocycles. The molecule has 2 N–H and O–H groups in total. The Labute approximate surface area is 76.2 Å². The maximum atomic E-state index is 5.58. The maximum absolute atomic E-state index is 5.58. The van der Waals surface area contributed by atoms with Gasteiger partial charge in [-0.25, -0.2) is 4.63 Å². The molecule has 0 amide bonds. The molecule has 0 atom stereocenters. The molecule has 0 bridgehead atoms. The Balaban J connectivity index is 2.06. The molecule has 2 heterocycles. The van der Waals surface area contributed by atoms with Crippen molar-refractivity contribution >= 4 is 11.6 Å². The molecule has 0 spiro atoms. The highest BCUT2D eigenvalue weighted by Gasteiger charge is 2.19. The summed E-state index contributed by atoms with van der Waals surface area (Å²) >= 11 is 0. The minimum absolute atomic E-state index is 0.379. The topological polar surface area (TPSA) is 71.4 Å². The summed E-state index contributed by atoms with van der Waals surface area (Å²) in [5, 5.41) is 7.31. The van der Waals surface area contributed by atoms with Crippen molar-refractivity contribution in [3.63, 3.8) is 0 Å². The van der Waals surface area contributed by atoms with Crippen LogP contribution in [0, 0.1) is 0 Å². The second-order valence-corrected chi connectivity index (χ2v) is 3.26. The van der Waals surface area contributed by atoms with Crippen molar-refractivity contribution in [1.29, 1.82) is 0 Å². The third-order valence-corrected chi connectivity index (χ3v) is 2.30. The quantitative estimate of drug-likeness (QED) is 0.627. The summed E-state index contributed by atoms with van der Waals surface area (Å²) in [4.78, 5) is 4.35. The first-order valence-electron chi connectivity index (χ1n) is 4.29. The van der Waals surface area contributed by atoms with Gasteiger partial charge in [-0.2, -0.15) is 0 Å². The van der Waals surface area contributed by atoms with Crippen molar-refractivity contribution in [3.05, 3.63) is 0 Å². The third-order valence-electron chi connectivity index (χ3n) is 2.30. The van der Waals surface area contributed by atoms with E-state index in [0.29, 0.717) is 11.6 Å². The summed E-state index contributed by atoms with van der Waals surface area (Å²) in [6, 6.07) is 0. The summed E-state index contributed by atoms with van der Waals surface area (Å²) in [6.07, 6.45) is 0. The number of anilines is 2. The standard InChI is InChI=1S/C7H13N5O/c1-11-2-4-12(5-3-11)7-6(8)9-13-10-7/h2-5H2,1H3,(H2,8,9). The van der Waals surface area contributed by atoms with Gasteiger partial charge in [-0.15, -0.1) is 0 Å². The molecule has 2 rings (SSSR count). The van der Waals surface area contributed by atoms with Gasteiger partial charge in [-0.05, 0) is 17.4 Å². The number of nitrogen functional groups attached to an aromatic ring is 1. The Morgan fingerprint density at radius 3 is 2.46 bits per heavy atom. The minimum Gasteiger partial charge on any atom is -0.378 e. The Hall–Kier alpha value is -1.30. The molecule has 1 aliphatic rings. The summed E-state index contributed by atoms with van der Waals surface area (Å²) < 4.78 is 4.55. The number of rotatable bonds is 1. The van der Waals surface area contributed by atoms with E-state index in [2.05, 4.69) is 31.8 Å². The number of piperazine rings is 1. The van der Waals surface area contributed by atoms with Crippen LogP contribution in [0.15, 0.2) is 4.63 Å². The Kier molecular flexibility index (Phi) is 2.05. The van der Waals surface area contributed by atoms with E-state index < -0.39 is 0 Å². The predicted molar refractivity (Wildman–Crippen MR) is 48.4 cm³/mol. The smallest absolute Gasteiger partial charge is 0.217 e. The van der Waals surface area contributed by atoms with Crippen LogP contribution in [0.4, 0.5) is 11.6 Å². The highest BCUT2D eigenvalue weighted by atomic mass is 16.6. The lowest BCUT2D eigenvalue weighted by Crippen LogP contribution is -2.44. The molecular weight excluding hydrogens is 170 g/mol. The van der Waals surface area contributed by atoms with E-state index in [0.717, 1.165) is 26.2 Å². The fourth-order valence-corrected chi connectivity index (χ4v) is 1.43. The molecule has 1 aromatic heterocycles. The zero-order chi connectivity index (χ0) is 9.26. The van der Waals surface area contributed by atoms with Crippen LogP contribution in [-0.4, -0.2) is 48.4 Å². The number of nitrogens with two attached hydrogens (primary N) is 1. The van der Waals surface area contributed by atoms with E-state index in [1.165, 1.54) is 0 Å². The highest BCUT2D eigenvalue weighted by molar-refractivity contribution is 5.56. The first-order valence-corrected chi connectivity index (χ1v) is 4.29. The van der Waals surface area contributed by atoms with Crippen LogP contribution in [0.5, 0.6) is 0 Å². The molecule has 1 aromatic rings. The Morgan fingerprint density at radius 2 is 1.92 bits per heavy atom. The van der Waals surface area contributed by atoms with Crippen molar-refractivity contribution in [2.75, 3.05) is 43.9 Å². The number of aromatic nitrogens is 2. The van der Waals surface area contributed by atoms with Crippen LogP contribution in [0.2, 0.25) is 0 Å². The van der Waals surface area contributed by atoms with Crippen molar-refractivity contribution in [2.45, 2.75) is 0 Å². The lowest BCUT2D eigenvalue weighted by Gasteiger charge is -2.31. The molecule has 0 unspecified atom stereocenters. The third kappa shape index (κ3) is 1.57. The van der Waals surface area contributed by atoms with Gasteiger partial charge < -0.3 is 15.5 Å². The molecule has 1 saturated heterocycles. The van der Waals surface area contributed by atoms with E-state index in [9.17, 15) is 0 Å². The zero-order valence-corrected chi connectivity index (χ0v) is 7.60. The lowest BCUT2D eigenvalue weighted by molar-refractivity contribution is 0.296. The van der Waals surface area contributed by atoms with Crippen LogP contribution in [0.1, 0.15) is 0 Å². The van der Waals surface area contributed by atoms with Gasteiger partial charge in [0, 0.05) is 26.2 Å². The van der Waals surface area contributed by atoms with Gasteiger partial charge >= 0.3 is 0 Å². The summed E-state index contributed by atoms with van der Waals surface area (Å²) in [5.41, 5.74) is 5.58. The van der Waals surface area contributed by atoms with Gasteiger partial charge in [-0.3, -0.25) is 0 Å². The van der Waals surface area contributed by atoms with E-state index in [-0.39, 0.29) is 0 Å². The van der Waals surface area contributed by atoms with E-state index >= 15 is 0 Å². The van der Waals surface area contributed by atoms with Gasteiger partial charge in [0.25, 0.3) is 0 Å². The molecular formula is C7H13N5O. The van der Waals surface area contributed by atoms with E-state index in [4.69, 9.17) is 5.73 Å². The summed E-state index contributed by atoms with van der Waals surface area (Å²) in [7, 11) is 2.10. The SMILES string of the molecule is CN1CCN(c2nonc2N)CC1. The van der Waals surface area contributed by atoms with Crippen molar-refractivity contribution < 1.29 is 4.63 Å². The molecule has 0 radical (unpaired) electrons. The molecule has 0 aromatic carbocycles. The molecule has 1 aliphatic heterocycles. The van der Waals surface area contributed by atoms with Crippen LogP contribution in [-0.2, 0) is 0 Å². The largest absolute Gasteiger partial charge is 0.378 e. The fourth-order valence-electron chi connectivity index (χ4n) is 1.43. The molecule has 72 valence electrons. The first kappa shape index (κ1) is 8.31. The van der Waals surface area contributed by atoms with Crippen LogP contribution < -0.4 is 10.6 Å². The fraction of sp³-hybridized carbons (Fsp3) is 0.714. The van der Waals surface area contributed by atoms with Crippen molar-refractivity contribution in [3.8, 4) is 0 Å². The van der Waals surface area contributed by atoms with E-state index in [1.807, 2.05) is 0 Å². The van der Waals surface area contributed by atoms with Gasteiger partial charge in [0.05, 0.1) is 0 Å². The Morgan fingerprint density at radius 1 is 1.23 bits per heavy atom. The molecule has 1 fully saturated rings. The average Bonchev–Trinajstić information content (AvgIpc) is 2.53. The lowest BCUT2D eigenvalue weighted by atomic mass is 10.3. The minimum atomic E-state index is 0.379. The molecule has 13 heavy (non-hydrogen) atoms. The molecule has 6 heteroatoms. The van der Waals surface area contributed by atoms with Crippen molar-refractivity contribution in [2.24, 2.45) is 0 Å². The zero-order valence-electron chi connectivity index (χ0n) is 7.60. The average molecular weight is 183 g/mol. The van der Waals surface area contributed by atoms with Gasteiger partial charge in [0.15, 0.2) is 0 Å². The second-order valence-electron chi connectivity index (χ2n) is 3.26. The number of hydrogen-bond donors (Lipinski definition) is 1. The van der Waals surface area contributed by atoms with Crippen LogP contribution in [0.3, 0.4) is 0 Å². The van der Waals surface area contributed by atoms with Crippen LogP contribution in [0.25, 0.3) is 0 Å². The second kappa shape index (κ2) is 3.21. The van der Waals surface area contributed by atoms with Crippen LogP contribution >= 0.6 is 0 Å². The number of likely N-dealkylation sites (N-methyl/N-ethyl adjacent to an activating group) is 1. The van der Waals surface area contributed by atoms with Crippen molar-refractivity contribution in [1.82, 2.24) is 15.2 Å². The summed E-state index contributed by atoms with van der Waals surface area (Å²) in [6.45, 7) is 3.89. The summed E-state index contributed by atoms with van der Waals surface area (Å²) in [5.74, 6) is 1.05. The maximum Gasteiger partial charge on any atom is 0.217 e. The van der Waals surface area contributed by atoms with E-state index in [1.54, 1.807) is 0 Å². The predicted octanol–water partition coefficient (Wildman–Crippen LogP) is -0.596. The number of hydrogen-bond acceptors (Lipinski definition) is 6.